The van der Waals surface area contributed by atoms with E-state index in [-0.39, 0.29) is 41.5 Å². The minimum atomic E-state index is -0.0232. The Morgan fingerprint density at radius 1 is 0.837 bits per heavy atom. The van der Waals surface area contributed by atoms with Gasteiger partial charge in [0.1, 0.15) is 11.9 Å². The van der Waals surface area contributed by atoms with Crippen molar-refractivity contribution >= 4 is 37.3 Å². The van der Waals surface area contributed by atoms with Gasteiger partial charge in [-0.1, -0.05) is 62.4 Å². The summed E-state index contributed by atoms with van der Waals surface area (Å²) in [5, 5.41) is 11.5. The van der Waals surface area contributed by atoms with Gasteiger partial charge in [0.05, 0.1) is 21.1 Å². The Balaban J connectivity index is 0.000000293. The van der Waals surface area contributed by atoms with Gasteiger partial charge in [0, 0.05) is 31.3 Å². The van der Waals surface area contributed by atoms with Gasteiger partial charge >= 0.3 is 0 Å². The lowest BCUT2D eigenvalue weighted by atomic mass is 10.0. The molecule has 0 aliphatic carbocycles. The molecule has 1 heterocycles. The molecule has 0 spiro atoms. The van der Waals surface area contributed by atoms with Gasteiger partial charge in [-0.25, -0.2) is 0 Å². The van der Waals surface area contributed by atoms with Crippen LogP contribution in [0.2, 0.25) is 0 Å². The number of ether oxygens (including phenoxy) is 1. The number of hydrogen-bond acceptors (Lipinski definition) is 5. The summed E-state index contributed by atoms with van der Waals surface area (Å²) in [6.45, 7) is 4.40. The minimum absolute atomic E-state index is 0. The van der Waals surface area contributed by atoms with Crippen LogP contribution >= 0.6 is 11.3 Å². The van der Waals surface area contributed by atoms with Crippen molar-refractivity contribution in [3.05, 3.63) is 136 Å². The predicted octanol–water partition coefficient (Wildman–Crippen LogP) is 4.12. The second-order valence-electron chi connectivity index (χ2n) is 11.1. The Kier molecular flexibility index (Phi) is 12.6. The van der Waals surface area contributed by atoms with E-state index in [0.717, 1.165) is 20.2 Å². The highest BCUT2D eigenvalue weighted by atomic mass is 35.5. The average molecular weight is 620 g/mol. The number of carbonyl (C=O) groups excluding carboxylic acids is 1. The van der Waals surface area contributed by atoms with Crippen molar-refractivity contribution in [1.29, 1.82) is 0 Å². The van der Waals surface area contributed by atoms with E-state index < -0.39 is 0 Å². The third-order valence-corrected chi connectivity index (χ3v) is 7.49. The zero-order chi connectivity index (χ0) is 29.6. The smallest absolute Gasteiger partial charge is 0.195 e. The molecule has 0 aliphatic heterocycles. The summed E-state index contributed by atoms with van der Waals surface area (Å²) in [5.74, 6) is 1.20. The first-order valence-corrected chi connectivity index (χ1v) is 14.3. The lowest BCUT2D eigenvalue weighted by molar-refractivity contribution is -0.818. The number of ketones is 1. The highest BCUT2D eigenvalue weighted by Crippen LogP contribution is 2.27. The third kappa shape index (κ3) is 9.49. The summed E-state index contributed by atoms with van der Waals surface area (Å²) in [7, 11) is 5.83. The number of fused-ring (bicyclic) bond motifs is 2. The molecule has 0 fully saturated rings. The van der Waals surface area contributed by atoms with Gasteiger partial charge in [0.25, 0.3) is 0 Å². The second-order valence-corrected chi connectivity index (χ2v) is 12.2. The molecule has 4 aromatic carbocycles. The molecule has 0 saturated heterocycles. The van der Waals surface area contributed by atoms with Gasteiger partial charge in [0.2, 0.25) is 0 Å². The molecular weight excluding hydrogens is 582 g/mol. The fourth-order valence-electron chi connectivity index (χ4n) is 4.28. The van der Waals surface area contributed by atoms with Crippen molar-refractivity contribution in [1.82, 2.24) is 0 Å². The summed E-state index contributed by atoms with van der Waals surface area (Å²) in [5.41, 5.74) is 2.64. The van der Waals surface area contributed by atoms with Gasteiger partial charge in [0.15, 0.2) is 23.6 Å². The molecule has 43 heavy (non-hydrogen) atoms. The van der Waals surface area contributed by atoms with Gasteiger partial charge in [-0.05, 0) is 60.0 Å². The Morgan fingerprint density at radius 2 is 1.42 bits per heavy atom. The number of halogens is 1. The number of benzene rings is 4. The number of aliphatic hydroxyl groups is 1. The highest BCUT2D eigenvalue weighted by molar-refractivity contribution is 7.24. The number of carbonyl (C=O) groups is 1. The van der Waals surface area contributed by atoms with Crippen molar-refractivity contribution in [2.24, 2.45) is 0 Å². The minimum Gasteiger partial charge on any atom is -1.00 e. The quantitative estimate of drug-likeness (QED) is 0.128. The lowest BCUT2D eigenvalue weighted by Gasteiger charge is -2.18. The molecule has 0 bridgehead atoms. The maximum absolute atomic E-state index is 12.5. The first-order valence-electron chi connectivity index (χ1n) is 13.5. The van der Waals surface area contributed by atoms with Crippen molar-refractivity contribution < 1.29 is 37.0 Å². The average Bonchev–Trinajstić information content (AvgIpc) is 2.96. The maximum atomic E-state index is 12.5. The SMILES string of the molecule is CC(C)c1ccc2sc3ccccc3c(=O)c2c1.C[N+](C)(C)C=C(O)COc1ccc(C(=O)c2ccccc2)cc1.O.[Cl-]. The van der Waals surface area contributed by atoms with Crippen LogP contribution in [0.1, 0.15) is 41.3 Å². The molecule has 5 rings (SSSR count). The Labute approximate surface area is 262 Å². The third-order valence-electron chi connectivity index (χ3n) is 6.34. The molecule has 0 radical (unpaired) electrons. The van der Waals surface area contributed by atoms with Crippen LogP contribution in [0.15, 0.2) is 114 Å². The number of hydrogen-bond donors (Lipinski definition) is 1. The zero-order valence-corrected chi connectivity index (χ0v) is 26.6. The van der Waals surface area contributed by atoms with E-state index >= 15 is 0 Å². The first-order chi connectivity index (χ1) is 19.5. The van der Waals surface area contributed by atoms with Crippen molar-refractivity contribution in [2.45, 2.75) is 19.8 Å². The monoisotopic (exact) mass is 619 g/mol. The largest absolute Gasteiger partial charge is 1.00 e. The molecular formula is C35H38ClNO5S. The molecule has 1 aromatic heterocycles. The molecule has 0 amide bonds. The number of aliphatic hydroxyl groups excluding tert-OH is 1. The molecule has 3 N–H and O–H groups in total. The maximum Gasteiger partial charge on any atom is 0.195 e. The number of rotatable bonds is 7. The molecule has 5 aromatic rings. The van der Waals surface area contributed by atoms with Crippen LogP contribution in [0, 0.1) is 0 Å². The summed E-state index contributed by atoms with van der Waals surface area (Å²) in [4.78, 5) is 24.8. The van der Waals surface area contributed by atoms with Crippen molar-refractivity contribution in [2.75, 3.05) is 27.7 Å². The van der Waals surface area contributed by atoms with E-state index in [0.29, 0.717) is 27.3 Å². The molecule has 226 valence electrons. The second kappa shape index (κ2) is 15.5. The Morgan fingerprint density at radius 3 is 2.05 bits per heavy atom. The summed E-state index contributed by atoms with van der Waals surface area (Å²) in [6, 6.07) is 30.1. The highest BCUT2D eigenvalue weighted by Gasteiger charge is 2.10. The fraction of sp³-hybridized carbons (Fsp3) is 0.200. The predicted molar refractivity (Wildman–Crippen MR) is 174 cm³/mol. The van der Waals surface area contributed by atoms with Crippen LogP contribution in [-0.4, -0.2) is 48.6 Å². The molecule has 0 aliphatic rings. The van der Waals surface area contributed by atoms with E-state index in [1.54, 1.807) is 53.9 Å². The molecule has 6 nitrogen and oxygen atoms in total. The lowest BCUT2D eigenvalue weighted by Crippen LogP contribution is -3.00. The number of quaternary nitrogens is 1. The van der Waals surface area contributed by atoms with E-state index in [2.05, 4.69) is 26.0 Å². The van der Waals surface area contributed by atoms with Gasteiger partial charge in [-0.15, -0.1) is 11.3 Å². The van der Waals surface area contributed by atoms with Gasteiger partial charge in [-0.3, -0.25) is 9.59 Å². The molecule has 0 saturated carbocycles. The van der Waals surface area contributed by atoms with E-state index in [9.17, 15) is 14.7 Å². The van der Waals surface area contributed by atoms with E-state index in [1.807, 2.05) is 69.7 Å². The normalized spacial score (nSPS) is 11.3. The van der Waals surface area contributed by atoms with E-state index in [4.69, 9.17) is 4.74 Å². The Hall–Kier alpha value is -4.01. The van der Waals surface area contributed by atoms with Crippen molar-refractivity contribution in [3.63, 3.8) is 0 Å². The topological polar surface area (TPSA) is 95.1 Å². The molecule has 8 heteroatoms. The van der Waals surface area contributed by atoms with Gasteiger partial charge < -0.3 is 32.2 Å². The van der Waals surface area contributed by atoms with Crippen LogP contribution in [0.25, 0.3) is 20.2 Å². The van der Waals surface area contributed by atoms with Crippen LogP contribution < -0.4 is 22.6 Å². The molecule has 0 atom stereocenters. The van der Waals surface area contributed by atoms with Crippen LogP contribution in [0.3, 0.4) is 0 Å². The zero-order valence-electron chi connectivity index (χ0n) is 25.0. The molecule has 0 unspecified atom stereocenters. The Bertz CT molecular complexity index is 1740. The fourth-order valence-corrected chi connectivity index (χ4v) is 5.33. The standard InChI is InChI=1S/C19H21NO3.C16H14OS.ClH.H2O/c1-20(2,3)13-17(21)14-23-18-11-9-16(10-12-18)19(22)15-7-5-4-6-8-15;1-10(2)11-7-8-15-13(9-11)16(17)12-5-3-4-6-14(12)18-15;;/h4-13H,14H2,1-3H3;3-10H,1-2H3;1H;1H2. The summed E-state index contributed by atoms with van der Waals surface area (Å²) < 4.78 is 8.16. The van der Waals surface area contributed by atoms with Crippen LogP contribution in [0.5, 0.6) is 5.75 Å². The first kappa shape index (κ1) is 35.2. The van der Waals surface area contributed by atoms with E-state index in [1.165, 1.54) is 5.56 Å². The summed E-state index contributed by atoms with van der Waals surface area (Å²) >= 11 is 1.69. The van der Waals surface area contributed by atoms with Crippen molar-refractivity contribution in [3.8, 4) is 5.75 Å². The summed E-state index contributed by atoms with van der Waals surface area (Å²) in [6.07, 6.45) is 1.70. The van der Waals surface area contributed by atoms with Gasteiger partial charge in [-0.2, -0.15) is 0 Å². The van der Waals surface area contributed by atoms with Crippen LogP contribution in [0.4, 0.5) is 0 Å². The van der Waals surface area contributed by atoms with Crippen LogP contribution in [-0.2, 0) is 0 Å². The number of nitrogens with zero attached hydrogens (tertiary/aromatic N) is 1.